The highest BCUT2D eigenvalue weighted by Gasteiger charge is 2.10. The van der Waals surface area contributed by atoms with Crippen LogP contribution in [0.25, 0.3) is 0 Å². The van der Waals surface area contributed by atoms with Crippen LogP contribution >= 0.6 is 0 Å². The number of methoxy groups -OCH3 is 1. The lowest BCUT2D eigenvalue weighted by Crippen LogP contribution is -2.29. The summed E-state index contributed by atoms with van der Waals surface area (Å²) in [6.07, 6.45) is 2.41. The average molecular weight is 211 g/mol. The summed E-state index contributed by atoms with van der Waals surface area (Å²) < 4.78 is 11.1. The van der Waals surface area contributed by atoms with Crippen LogP contribution in [0.2, 0.25) is 0 Å². The molecule has 4 nitrogen and oxygen atoms in total. The van der Waals surface area contributed by atoms with E-state index in [1.807, 2.05) is 0 Å². The van der Waals surface area contributed by atoms with Gasteiger partial charge in [0.05, 0.1) is 19.8 Å². The Kier molecular flexibility index (Phi) is 4.21. The van der Waals surface area contributed by atoms with Crippen molar-refractivity contribution in [1.82, 2.24) is 0 Å². The molecule has 1 rings (SSSR count). The normalized spacial score (nSPS) is 12.2. The van der Waals surface area contributed by atoms with Gasteiger partial charge in [-0.2, -0.15) is 0 Å². The monoisotopic (exact) mass is 211 g/mol. The third kappa shape index (κ3) is 3.31. The van der Waals surface area contributed by atoms with E-state index in [-0.39, 0.29) is 5.88 Å². The van der Waals surface area contributed by atoms with Crippen LogP contribution in [-0.4, -0.2) is 13.7 Å². The molecule has 15 heavy (non-hydrogen) atoms. The predicted molar refractivity (Wildman–Crippen MR) is 56.9 cm³/mol. The van der Waals surface area contributed by atoms with E-state index in [0.29, 0.717) is 23.0 Å². The summed E-state index contributed by atoms with van der Waals surface area (Å²) in [6.45, 7) is 4.71. The summed E-state index contributed by atoms with van der Waals surface area (Å²) in [4.78, 5) is 0. The number of pyridine rings is 1. The van der Waals surface area contributed by atoms with E-state index < -0.39 is 0 Å². The first-order valence-corrected chi connectivity index (χ1v) is 5.07. The van der Waals surface area contributed by atoms with E-state index in [0.717, 1.165) is 6.42 Å². The predicted octanol–water partition coefficient (Wildman–Crippen LogP) is 1.75. The Hall–Kier alpha value is -1.45. The second-order valence-corrected chi connectivity index (χ2v) is 3.56. The molecule has 4 heteroatoms. The molecule has 0 radical (unpaired) electrons. The van der Waals surface area contributed by atoms with Gasteiger partial charge in [-0.05, 0) is 5.92 Å². The Morgan fingerprint density at radius 1 is 1.53 bits per heavy atom. The summed E-state index contributed by atoms with van der Waals surface area (Å²) >= 11 is 0. The molecule has 0 aromatic carbocycles. The third-order valence-corrected chi connectivity index (χ3v) is 2.31. The molecule has 0 spiro atoms. The van der Waals surface area contributed by atoms with Gasteiger partial charge in [0.15, 0.2) is 6.20 Å². The zero-order chi connectivity index (χ0) is 11.3. The number of hydrogen-bond acceptors (Lipinski definition) is 3. The number of aromatic nitrogens is 1. The Morgan fingerprint density at radius 3 is 2.87 bits per heavy atom. The first kappa shape index (κ1) is 11.6. The fraction of sp³-hybridized carbons (Fsp3) is 0.545. The topological polar surface area (TPSA) is 45.4 Å². The number of nitrogens with zero attached hydrogens (tertiary/aromatic N) is 1. The molecule has 1 aromatic heterocycles. The van der Waals surface area contributed by atoms with Crippen molar-refractivity contribution in [2.45, 2.75) is 20.3 Å². The minimum Gasteiger partial charge on any atom is -0.616 e. The number of ether oxygens (including phenoxy) is 2. The molecule has 0 N–H and O–H groups in total. The standard InChI is InChI=1S/C11H17NO3/c1-4-9(2)8-15-11-7-10(14-3)5-6-12(11)13/h5-7,9H,4,8H2,1-3H3. The molecule has 0 amide bonds. The Balaban J connectivity index is 2.66. The van der Waals surface area contributed by atoms with Gasteiger partial charge < -0.3 is 14.7 Å². The minimum absolute atomic E-state index is 0.287. The molecule has 1 unspecified atom stereocenters. The lowest BCUT2D eigenvalue weighted by atomic mass is 10.1. The Bertz CT molecular complexity index is 315. The second kappa shape index (κ2) is 5.44. The van der Waals surface area contributed by atoms with E-state index in [4.69, 9.17) is 9.47 Å². The van der Waals surface area contributed by atoms with Gasteiger partial charge >= 0.3 is 5.88 Å². The largest absolute Gasteiger partial charge is 0.616 e. The van der Waals surface area contributed by atoms with Gasteiger partial charge in [0.25, 0.3) is 0 Å². The van der Waals surface area contributed by atoms with E-state index in [2.05, 4.69) is 13.8 Å². The van der Waals surface area contributed by atoms with Crippen LogP contribution in [0, 0.1) is 11.1 Å². The van der Waals surface area contributed by atoms with Crippen molar-refractivity contribution in [3.63, 3.8) is 0 Å². The quantitative estimate of drug-likeness (QED) is 0.550. The molecule has 0 saturated carbocycles. The van der Waals surface area contributed by atoms with E-state index in [1.54, 1.807) is 19.2 Å². The lowest BCUT2D eigenvalue weighted by molar-refractivity contribution is -0.613. The first-order valence-electron chi connectivity index (χ1n) is 5.07. The van der Waals surface area contributed by atoms with Gasteiger partial charge in [0.2, 0.25) is 0 Å². The van der Waals surface area contributed by atoms with E-state index in [9.17, 15) is 5.21 Å². The summed E-state index contributed by atoms with van der Waals surface area (Å²) in [5, 5.41) is 11.3. The van der Waals surface area contributed by atoms with Gasteiger partial charge in [0.1, 0.15) is 5.75 Å². The molecule has 0 aliphatic heterocycles. The second-order valence-electron chi connectivity index (χ2n) is 3.56. The van der Waals surface area contributed by atoms with Crippen LogP contribution in [0.1, 0.15) is 20.3 Å². The molecule has 1 atom stereocenters. The lowest BCUT2D eigenvalue weighted by Gasteiger charge is -2.10. The molecule has 0 saturated heterocycles. The Labute approximate surface area is 90.0 Å². The molecule has 0 fully saturated rings. The van der Waals surface area contributed by atoms with Crippen LogP contribution in [-0.2, 0) is 0 Å². The van der Waals surface area contributed by atoms with Crippen LogP contribution < -0.4 is 14.2 Å². The zero-order valence-electron chi connectivity index (χ0n) is 9.40. The van der Waals surface area contributed by atoms with Crippen LogP contribution in [0.4, 0.5) is 0 Å². The maximum absolute atomic E-state index is 11.3. The Morgan fingerprint density at radius 2 is 2.27 bits per heavy atom. The fourth-order valence-electron chi connectivity index (χ4n) is 1.03. The highest BCUT2D eigenvalue weighted by atomic mass is 16.6. The highest BCUT2D eigenvalue weighted by molar-refractivity contribution is 5.22. The maximum Gasteiger partial charge on any atom is 0.383 e. The molecule has 0 aliphatic rings. The minimum atomic E-state index is 0.287. The van der Waals surface area contributed by atoms with Crippen molar-refractivity contribution in [3.05, 3.63) is 23.5 Å². The van der Waals surface area contributed by atoms with Crippen molar-refractivity contribution < 1.29 is 14.2 Å². The molecule has 1 aromatic rings. The van der Waals surface area contributed by atoms with Crippen molar-refractivity contribution in [1.29, 1.82) is 0 Å². The molecular formula is C11H17NO3. The first-order chi connectivity index (χ1) is 7.17. The van der Waals surface area contributed by atoms with E-state index >= 15 is 0 Å². The molecule has 0 bridgehead atoms. The molecule has 0 aliphatic carbocycles. The highest BCUT2D eigenvalue weighted by Crippen LogP contribution is 2.15. The van der Waals surface area contributed by atoms with Gasteiger partial charge in [-0.25, -0.2) is 0 Å². The molecule has 84 valence electrons. The maximum atomic E-state index is 11.3. The van der Waals surface area contributed by atoms with Crippen LogP contribution in [0.5, 0.6) is 11.6 Å². The van der Waals surface area contributed by atoms with Crippen LogP contribution in [0.3, 0.4) is 0 Å². The average Bonchev–Trinajstić information content (AvgIpc) is 2.27. The summed E-state index contributed by atoms with van der Waals surface area (Å²) in [7, 11) is 1.56. The third-order valence-electron chi connectivity index (χ3n) is 2.31. The van der Waals surface area contributed by atoms with Crippen molar-refractivity contribution in [2.75, 3.05) is 13.7 Å². The van der Waals surface area contributed by atoms with Gasteiger partial charge in [0, 0.05) is 6.07 Å². The van der Waals surface area contributed by atoms with Crippen molar-refractivity contribution >= 4 is 0 Å². The van der Waals surface area contributed by atoms with Gasteiger partial charge in [-0.15, -0.1) is 4.73 Å². The SMILES string of the molecule is CCC(C)COc1cc(OC)cc[n+]1[O-]. The van der Waals surface area contributed by atoms with E-state index in [1.165, 1.54) is 6.20 Å². The zero-order valence-corrected chi connectivity index (χ0v) is 9.40. The molecular weight excluding hydrogens is 194 g/mol. The number of rotatable bonds is 5. The fourth-order valence-corrected chi connectivity index (χ4v) is 1.03. The summed E-state index contributed by atoms with van der Waals surface area (Å²) in [5.41, 5.74) is 0. The summed E-state index contributed by atoms with van der Waals surface area (Å²) in [5.74, 6) is 1.35. The van der Waals surface area contributed by atoms with Gasteiger partial charge in [-0.1, -0.05) is 20.3 Å². The van der Waals surface area contributed by atoms with Crippen molar-refractivity contribution in [3.8, 4) is 11.6 Å². The van der Waals surface area contributed by atoms with Crippen molar-refractivity contribution in [2.24, 2.45) is 5.92 Å². The van der Waals surface area contributed by atoms with Crippen LogP contribution in [0.15, 0.2) is 18.3 Å². The van der Waals surface area contributed by atoms with Gasteiger partial charge in [-0.3, -0.25) is 0 Å². The smallest absolute Gasteiger partial charge is 0.383 e. The number of hydrogen-bond donors (Lipinski definition) is 0. The molecule has 1 heterocycles. The summed E-state index contributed by atoms with van der Waals surface area (Å²) in [6, 6.07) is 3.19.